The number of carbonyl (C=O) groups excluding carboxylic acids is 1. The van der Waals surface area contributed by atoms with Crippen molar-refractivity contribution in [2.24, 2.45) is 0 Å². The van der Waals surface area contributed by atoms with Crippen LogP contribution in [-0.2, 0) is 4.79 Å². The molecule has 4 heteroatoms. The fourth-order valence-corrected chi connectivity index (χ4v) is 2.93. The van der Waals surface area contributed by atoms with Gasteiger partial charge in [0.1, 0.15) is 0 Å². The van der Waals surface area contributed by atoms with Crippen LogP contribution < -0.4 is 0 Å². The maximum Gasteiger partial charge on any atom is 0.232 e. The maximum atomic E-state index is 11.9. The Hall–Kier alpha value is -0.480. The van der Waals surface area contributed by atoms with E-state index < -0.39 is 0 Å². The van der Waals surface area contributed by atoms with Gasteiger partial charge in [-0.05, 0) is 51.0 Å². The standard InChI is InChI=1S/C14H20BrNOS/c1-9(2)16(5)14(17)8-18-13-7-10(3)12(15)6-11(13)4/h6-7,9H,8H2,1-5H3. The molecule has 0 radical (unpaired) electrons. The molecule has 18 heavy (non-hydrogen) atoms. The van der Waals surface area contributed by atoms with Crippen molar-refractivity contribution in [2.75, 3.05) is 12.8 Å². The van der Waals surface area contributed by atoms with Crippen molar-refractivity contribution >= 4 is 33.6 Å². The van der Waals surface area contributed by atoms with Gasteiger partial charge < -0.3 is 4.90 Å². The minimum atomic E-state index is 0.176. The highest BCUT2D eigenvalue weighted by Crippen LogP contribution is 2.28. The number of carbonyl (C=O) groups is 1. The second kappa shape index (κ2) is 6.62. The summed E-state index contributed by atoms with van der Waals surface area (Å²) in [4.78, 5) is 14.9. The Morgan fingerprint density at radius 2 is 1.94 bits per heavy atom. The van der Waals surface area contributed by atoms with Gasteiger partial charge in [-0.2, -0.15) is 0 Å². The Morgan fingerprint density at radius 3 is 2.50 bits per heavy atom. The zero-order valence-electron chi connectivity index (χ0n) is 11.6. The first kappa shape index (κ1) is 15.6. The summed E-state index contributed by atoms with van der Waals surface area (Å²) in [5, 5.41) is 0. The Balaban J connectivity index is 2.70. The van der Waals surface area contributed by atoms with Gasteiger partial charge >= 0.3 is 0 Å². The van der Waals surface area contributed by atoms with Gasteiger partial charge in [0.05, 0.1) is 5.75 Å². The van der Waals surface area contributed by atoms with Crippen LogP contribution >= 0.6 is 27.7 Å². The molecular weight excluding hydrogens is 310 g/mol. The number of hydrogen-bond donors (Lipinski definition) is 0. The number of aryl methyl sites for hydroxylation is 2. The Kier molecular flexibility index (Phi) is 5.73. The van der Waals surface area contributed by atoms with E-state index in [1.807, 2.05) is 20.9 Å². The largest absolute Gasteiger partial charge is 0.343 e. The summed E-state index contributed by atoms with van der Waals surface area (Å²) in [6.07, 6.45) is 0. The van der Waals surface area contributed by atoms with E-state index in [1.54, 1.807) is 16.7 Å². The summed E-state index contributed by atoms with van der Waals surface area (Å²) in [5.74, 6) is 0.673. The van der Waals surface area contributed by atoms with Crippen LogP contribution in [0.25, 0.3) is 0 Å². The summed E-state index contributed by atoms with van der Waals surface area (Å²) in [7, 11) is 1.85. The number of thioether (sulfide) groups is 1. The first-order valence-corrected chi connectivity index (χ1v) is 7.76. The summed E-state index contributed by atoms with van der Waals surface area (Å²) in [5.41, 5.74) is 2.41. The van der Waals surface area contributed by atoms with E-state index in [-0.39, 0.29) is 11.9 Å². The van der Waals surface area contributed by atoms with Crippen molar-refractivity contribution in [1.29, 1.82) is 0 Å². The molecule has 0 aliphatic carbocycles. The summed E-state index contributed by atoms with van der Waals surface area (Å²) in [6, 6.07) is 4.49. The lowest BCUT2D eigenvalue weighted by molar-refractivity contribution is -0.128. The molecule has 0 fully saturated rings. The van der Waals surface area contributed by atoms with Crippen LogP contribution in [0.4, 0.5) is 0 Å². The molecule has 0 unspecified atom stereocenters. The Bertz CT molecular complexity index is 446. The zero-order valence-corrected chi connectivity index (χ0v) is 14.0. The molecule has 0 saturated carbocycles. The second-order valence-corrected chi connectivity index (χ2v) is 6.63. The monoisotopic (exact) mass is 329 g/mol. The molecule has 1 rings (SSSR count). The average molecular weight is 330 g/mol. The molecule has 0 N–H and O–H groups in total. The lowest BCUT2D eigenvalue weighted by Crippen LogP contribution is -2.34. The van der Waals surface area contributed by atoms with Gasteiger partial charge in [0.2, 0.25) is 5.91 Å². The third-order valence-electron chi connectivity index (χ3n) is 2.98. The molecule has 1 aromatic carbocycles. The van der Waals surface area contributed by atoms with Crippen LogP contribution in [0.5, 0.6) is 0 Å². The van der Waals surface area contributed by atoms with Crippen molar-refractivity contribution in [3.63, 3.8) is 0 Å². The summed E-state index contributed by atoms with van der Waals surface area (Å²) >= 11 is 5.13. The van der Waals surface area contributed by atoms with Crippen molar-refractivity contribution in [2.45, 2.75) is 38.6 Å². The number of nitrogens with zero attached hydrogens (tertiary/aromatic N) is 1. The minimum Gasteiger partial charge on any atom is -0.343 e. The summed E-state index contributed by atoms with van der Waals surface area (Å²) < 4.78 is 1.12. The van der Waals surface area contributed by atoms with Gasteiger partial charge in [-0.15, -0.1) is 11.8 Å². The third-order valence-corrected chi connectivity index (χ3v) is 4.97. The molecule has 0 aromatic heterocycles. The molecule has 0 atom stereocenters. The molecular formula is C14H20BrNOS. The fraction of sp³-hybridized carbons (Fsp3) is 0.500. The quantitative estimate of drug-likeness (QED) is 0.777. The summed E-state index contributed by atoms with van der Waals surface area (Å²) in [6.45, 7) is 8.19. The van der Waals surface area contributed by atoms with Crippen LogP contribution in [-0.4, -0.2) is 29.6 Å². The van der Waals surface area contributed by atoms with E-state index >= 15 is 0 Å². The van der Waals surface area contributed by atoms with Crippen molar-refractivity contribution in [3.05, 3.63) is 27.7 Å². The van der Waals surface area contributed by atoms with Gasteiger partial charge in [-0.3, -0.25) is 4.79 Å². The van der Waals surface area contributed by atoms with Crippen molar-refractivity contribution in [3.8, 4) is 0 Å². The normalized spacial score (nSPS) is 10.8. The number of halogens is 1. The molecule has 0 aliphatic rings. The second-order valence-electron chi connectivity index (χ2n) is 4.75. The van der Waals surface area contributed by atoms with Crippen LogP contribution in [0.2, 0.25) is 0 Å². The van der Waals surface area contributed by atoms with Crippen LogP contribution in [0.3, 0.4) is 0 Å². The molecule has 0 heterocycles. The number of amides is 1. The maximum absolute atomic E-state index is 11.9. The molecule has 1 aromatic rings. The van der Waals surface area contributed by atoms with Gasteiger partial charge in [0, 0.05) is 22.5 Å². The van der Waals surface area contributed by atoms with E-state index in [2.05, 4.69) is 41.9 Å². The molecule has 2 nitrogen and oxygen atoms in total. The highest BCUT2D eigenvalue weighted by Gasteiger charge is 2.13. The van der Waals surface area contributed by atoms with E-state index in [4.69, 9.17) is 0 Å². The molecule has 100 valence electrons. The lowest BCUT2D eigenvalue weighted by Gasteiger charge is -2.21. The van der Waals surface area contributed by atoms with E-state index in [9.17, 15) is 4.79 Å². The first-order valence-electron chi connectivity index (χ1n) is 5.98. The smallest absolute Gasteiger partial charge is 0.232 e. The predicted octanol–water partition coefficient (Wildman–Crippen LogP) is 4.02. The number of benzene rings is 1. The van der Waals surface area contributed by atoms with Crippen LogP contribution in [0, 0.1) is 13.8 Å². The third kappa shape index (κ3) is 4.02. The number of rotatable bonds is 4. The average Bonchev–Trinajstić information content (AvgIpc) is 2.30. The highest BCUT2D eigenvalue weighted by molar-refractivity contribution is 9.10. The van der Waals surface area contributed by atoms with Gasteiger partial charge in [-0.1, -0.05) is 15.9 Å². The fourth-order valence-electron chi connectivity index (χ4n) is 1.44. The molecule has 1 amide bonds. The SMILES string of the molecule is Cc1cc(SCC(=O)N(C)C(C)C)c(C)cc1Br. The van der Waals surface area contributed by atoms with Crippen molar-refractivity contribution in [1.82, 2.24) is 4.90 Å². The molecule has 0 spiro atoms. The first-order chi connectivity index (χ1) is 8.32. The van der Waals surface area contributed by atoms with Gasteiger partial charge in [0.15, 0.2) is 0 Å². The zero-order chi connectivity index (χ0) is 13.9. The topological polar surface area (TPSA) is 20.3 Å². The van der Waals surface area contributed by atoms with Gasteiger partial charge in [0.25, 0.3) is 0 Å². The van der Waals surface area contributed by atoms with E-state index in [1.165, 1.54) is 16.0 Å². The lowest BCUT2D eigenvalue weighted by atomic mass is 10.2. The minimum absolute atomic E-state index is 0.176. The van der Waals surface area contributed by atoms with E-state index in [0.29, 0.717) is 5.75 Å². The molecule has 0 bridgehead atoms. The van der Waals surface area contributed by atoms with E-state index in [0.717, 1.165) is 4.47 Å². The Morgan fingerprint density at radius 1 is 1.33 bits per heavy atom. The predicted molar refractivity (Wildman–Crippen MR) is 82.2 cm³/mol. The number of hydrogen-bond acceptors (Lipinski definition) is 2. The highest BCUT2D eigenvalue weighted by atomic mass is 79.9. The van der Waals surface area contributed by atoms with Crippen molar-refractivity contribution < 1.29 is 4.79 Å². The molecule has 0 aliphatic heterocycles. The van der Waals surface area contributed by atoms with Crippen LogP contribution in [0.15, 0.2) is 21.5 Å². The van der Waals surface area contributed by atoms with Gasteiger partial charge in [-0.25, -0.2) is 0 Å². The van der Waals surface area contributed by atoms with Crippen LogP contribution in [0.1, 0.15) is 25.0 Å². The molecule has 0 saturated heterocycles. The Labute approximate surface area is 122 Å².